The molecule has 0 spiro atoms. The topological polar surface area (TPSA) is 67.4 Å². The number of nitrogens with zero attached hydrogens (tertiary/aromatic N) is 3. The third kappa shape index (κ3) is 3.11. The van der Waals surface area contributed by atoms with Crippen molar-refractivity contribution in [3.05, 3.63) is 64.2 Å². The van der Waals surface area contributed by atoms with E-state index in [1.165, 1.54) is 49.7 Å². The Labute approximate surface area is 145 Å². The number of fused-ring (bicyclic) bond motifs is 1. The summed E-state index contributed by atoms with van der Waals surface area (Å²) in [7, 11) is 1.37. The summed E-state index contributed by atoms with van der Waals surface area (Å²) < 4.78 is 46.6. The van der Waals surface area contributed by atoms with E-state index < -0.39 is 23.0 Å². The van der Waals surface area contributed by atoms with Crippen LogP contribution in [0, 0.1) is 11.3 Å². The Morgan fingerprint density at radius 2 is 1.92 bits per heavy atom. The summed E-state index contributed by atoms with van der Waals surface area (Å²) >= 11 is 0. The van der Waals surface area contributed by atoms with Gasteiger partial charge in [0.1, 0.15) is 11.4 Å². The predicted octanol–water partition coefficient (Wildman–Crippen LogP) is 3.45. The number of halogens is 3. The van der Waals surface area contributed by atoms with E-state index in [0.29, 0.717) is 11.3 Å². The molecule has 3 rings (SSSR count). The molecule has 0 saturated heterocycles. The smallest absolute Gasteiger partial charge is 0.434 e. The molecule has 2 aromatic heterocycles. The van der Waals surface area contributed by atoms with Crippen molar-refractivity contribution in [2.24, 2.45) is 0 Å². The van der Waals surface area contributed by atoms with Gasteiger partial charge in [0.2, 0.25) is 0 Å². The van der Waals surface area contributed by atoms with Gasteiger partial charge in [-0.15, -0.1) is 0 Å². The first-order chi connectivity index (χ1) is 12.3. The van der Waals surface area contributed by atoms with Gasteiger partial charge in [0.05, 0.1) is 25.2 Å². The van der Waals surface area contributed by atoms with Gasteiger partial charge in [-0.3, -0.25) is 9.20 Å². The minimum Gasteiger partial charge on any atom is -0.497 e. The number of aromatic nitrogens is 2. The molecule has 0 aliphatic rings. The summed E-state index contributed by atoms with van der Waals surface area (Å²) in [5.41, 5.74) is -2.07. The summed E-state index contributed by atoms with van der Waals surface area (Å²) in [4.78, 5) is 16.4. The lowest BCUT2D eigenvalue weighted by Crippen LogP contribution is -2.24. The van der Waals surface area contributed by atoms with Gasteiger partial charge in [-0.05, 0) is 17.2 Å². The zero-order valence-electron chi connectivity index (χ0n) is 13.5. The van der Waals surface area contributed by atoms with Gasteiger partial charge in [0.25, 0.3) is 5.56 Å². The van der Waals surface area contributed by atoms with E-state index in [2.05, 4.69) is 4.98 Å². The van der Waals surface area contributed by atoms with E-state index in [9.17, 15) is 18.0 Å². The zero-order valence-corrected chi connectivity index (χ0v) is 13.5. The molecule has 0 atom stereocenters. The van der Waals surface area contributed by atoms with Gasteiger partial charge in [-0.1, -0.05) is 24.3 Å². The van der Waals surface area contributed by atoms with Crippen LogP contribution in [0.3, 0.4) is 0 Å². The largest absolute Gasteiger partial charge is 0.497 e. The van der Waals surface area contributed by atoms with Crippen molar-refractivity contribution in [2.75, 3.05) is 7.11 Å². The fraction of sp³-hybridized carbons (Fsp3) is 0.167. The first-order valence-corrected chi connectivity index (χ1v) is 7.49. The number of alkyl halides is 3. The van der Waals surface area contributed by atoms with E-state index >= 15 is 0 Å². The van der Waals surface area contributed by atoms with Crippen LogP contribution >= 0.6 is 0 Å². The maximum Gasteiger partial charge on any atom is 0.434 e. The number of rotatable bonds is 3. The molecule has 8 heteroatoms. The highest BCUT2D eigenvalue weighted by Gasteiger charge is 2.38. The third-order valence-corrected chi connectivity index (χ3v) is 3.83. The first kappa shape index (κ1) is 17.5. The Hall–Kier alpha value is -3.34. The summed E-state index contributed by atoms with van der Waals surface area (Å²) in [6.07, 6.45) is -3.37. The van der Waals surface area contributed by atoms with Crippen LogP contribution in [0.4, 0.5) is 13.2 Å². The Morgan fingerprint density at radius 1 is 1.23 bits per heavy atom. The van der Waals surface area contributed by atoms with Gasteiger partial charge < -0.3 is 4.74 Å². The molecular weight excluding hydrogens is 347 g/mol. The molecule has 0 fully saturated rings. The first-order valence-electron chi connectivity index (χ1n) is 7.49. The van der Waals surface area contributed by atoms with E-state index in [0.717, 1.165) is 4.40 Å². The monoisotopic (exact) mass is 359 g/mol. The summed E-state index contributed by atoms with van der Waals surface area (Å²) in [5.74, 6) is 0.290. The van der Waals surface area contributed by atoms with E-state index in [4.69, 9.17) is 10.00 Å². The Bertz CT molecular complexity index is 1060. The molecule has 0 radical (unpaired) electrons. The molecule has 0 saturated carbocycles. The normalized spacial score (nSPS) is 11.3. The molecule has 0 bridgehead atoms. The second-order valence-electron chi connectivity index (χ2n) is 5.46. The molecule has 26 heavy (non-hydrogen) atoms. The molecule has 3 aromatic rings. The quantitative estimate of drug-likeness (QED) is 0.718. The van der Waals surface area contributed by atoms with E-state index in [1.807, 2.05) is 6.07 Å². The number of hydrogen-bond acceptors (Lipinski definition) is 4. The molecule has 5 nitrogen and oxygen atoms in total. The highest BCUT2D eigenvalue weighted by atomic mass is 19.4. The molecule has 1 aromatic carbocycles. The van der Waals surface area contributed by atoms with Crippen molar-refractivity contribution in [2.45, 2.75) is 12.6 Å². The average molecular weight is 359 g/mol. The van der Waals surface area contributed by atoms with Crippen LogP contribution in [0.5, 0.6) is 5.75 Å². The minimum absolute atomic E-state index is 0.0849. The predicted molar refractivity (Wildman–Crippen MR) is 87.8 cm³/mol. The lowest BCUT2D eigenvalue weighted by atomic mass is 10.0. The number of ether oxygens (including phenoxy) is 1. The molecule has 2 heterocycles. The number of methoxy groups -OCH3 is 1. The second kappa shape index (κ2) is 6.52. The van der Waals surface area contributed by atoms with Crippen molar-refractivity contribution < 1.29 is 17.9 Å². The SMILES string of the molecule is COc1ccn2c(=O)c(-c3ccc(CC#N)cc3)c(C(F)(F)F)nc2c1. The van der Waals surface area contributed by atoms with E-state index in [1.54, 1.807) is 0 Å². The van der Waals surface area contributed by atoms with Crippen LogP contribution in [-0.4, -0.2) is 16.5 Å². The maximum atomic E-state index is 13.5. The second-order valence-corrected chi connectivity index (χ2v) is 5.46. The van der Waals surface area contributed by atoms with E-state index in [-0.39, 0.29) is 17.6 Å². The summed E-state index contributed by atoms with van der Waals surface area (Å²) in [6, 6.07) is 10.5. The lowest BCUT2D eigenvalue weighted by Gasteiger charge is -2.14. The number of pyridine rings is 1. The fourth-order valence-electron chi connectivity index (χ4n) is 2.59. The zero-order chi connectivity index (χ0) is 18.9. The summed E-state index contributed by atoms with van der Waals surface area (Å²) in [6.45, 7) is 0. The minimum atomic E-state index is -4.81. The third-order valence-electron chi connectivity index (χ3n) is 3.83. The van der Waals surface area contributed by atoms with Crippen LogP contribution < -0.4 is 10.3 Å². The average Bonchev–Trinajstić information content (AvgIpc) is 2.61. The maximum absolute atomic E-state index is 13.5. The Kier molecular flexibility index (Phi) is 4.38. The number of hydrogen-bond donors (Lipinski definition) is 0. The van der Waals surface area contributed by atoms with Crippen LogP contribution in [0.25, 0.3) is 16.8 Å². The molecular formula is C18H12F3N3O2. The summed E-state index contributed by atoms with van der Waals surface area (Å²) in [5, 5.41) is 8.69. The molecule has 0 aliphatic heterocycles. The van der Waals surface area contributed by atoms with Gasteiger partial charge >= 0.3 is 6.18 Å². The van der Waals surface area contributed by atoms with Crippen molar-refractivity contribution in [3.8, 4) is 22.9 Å². The van der Waals surface area contributed by atoms with Crippen molar-refractivity contribution in [1.82, 2.24) is 9.38 Å². The fourth-order valence-corrected chi connectivity index (χ4v) is 2.59. The highest BCUT2D eigenvalue weighted by molar-refractivity contribution is 5.68. The number of nitriles is 1. The van der Waals surface area contributed by atoms with Gasteiger partial charge in [-0.25, -0.2) is 4.98 Å². The van der Waals surface area contributed by atoms with Crippen LogP contribution in [-0.2, 0) is 12.6 Å². The lowest BCUT2D eigenvalue weighted by molar-refractivity contribution is -0.140. The standard InChI is InChI=1S/C18H12F3N3O2/c1-26-13-7-9-24-14(10-13)23-16(18(19,20)21)15(17(24)25)12-4-2-11(3-5-12)6-8-22/h2-5,7,9-10H,6H2,1H3. The van der Waals surface area contributed by atoms with Crippen LogP contribution in [0.1, 0.15) is 11.3 Å². The van der Waals surface area contributed by atoms with Crippen LogP contribution in [0.15, 0.2) is 47.4 Å². The molecule has 132 valence electrons. The number of benzene rings is 1. The Balaban J connectivity index is 2.31. The molecule has 0 unspecified atom stereocenters. The van der Waals surface area contributed by atoms with Crippen molar-refractivity contribution >= 4 is 5.65 Å². The van der Waals surface area contributed by atoms with Crippen molar-refractivity contribution in [1.29, 1.82) is 5.26 Å². The van der Waals surface area contributed by atoms with Gasteiger partial charge in [0.15, 0.2) is 5.69 Å². The van der Waals surface area contributed by atoms with Crippen LogP contribution in [0.2, 0.25) is 0 Å². The van der Waals surface area contributed by atoms with Gasteiger partial charge in [0, 0.05) is 12.3 Å². The highest BCUT2D eigenvalue weighted by Crippen LogP contribution is 2.34. The Morgan fingerprint density at radius 3 is 2.50 bits per heavy atom. The van der Waals surface area contributed by atoms with Crippen molar-refractivity contribution in [3.63, 3.8) is 0 Å². The molecule has 0 aliphatic carbocycles. The molecule has 0 N–H and O–H groups in total. The van der Waals surface area contributed by atoms with Gasteiger partial charge in [-0.2, -0.15) is 18.4 Å². The molecule has 0 amide bonds.